The molecule has 12 heavy (non-hydrogen) atoms. The third kappa shape index (κ3) is 3.65. The Balaban J connectivity index is 3.88. The van der Waals surface area contributed by atoms with Crippen LogP contribution in [0.15, 0.2) is 0 Å². The molecule has 0 aliphatic heterocycles. The Morgan fingerprint density at radius 3 is 2.33 bits per heavy atom. The number of ketones is 1. The highest BCUT2D eigenvalue weighted by Crippen LogP contribution is 2.24. The molecule has 0 aromatic heterocycles. The first-order chi connectivity index (χ1) is 5.58. The first-order valence-corrected chi connectivity index (χ1v) is 4.56. The lowest BCUT2D eigenvalue weighted by Crippen LogP contribution is -2.18. The van der Waals surface area contributed by atoms with Gasteiger partial charge in [0.15, 0.2) is 0 Å². The van der Waals surface area contributed by atoms with E-state index in [4.69, 9.17) is 0 Å². The number of hydrogen-bond acceptors (Lipinski definition) is 2. The first-order valence-electron chi connectivity index (χ1n) is 4.56. The van der Waals surface area contributed by atoms with Crippen LogP contribution >= 0.6 is 0 Å². The number of carbonyl (C=O) groups excluding carboxylic acids is 2. The normalized spacial score (nSPS) is 15.2. The zero-order valence-electron chi connectivity index (χ0n) is 8.22. The van der Waals surface area contributed by atoms with E-state index in [1.165, 1.54) is 0 Å². The monoisotopic (exact) mass is 170 g/mol. The van der Waals surface area contributed by atoms with E-state index < -0.39 is 0 Å². The highest BCUT2D eigenvalue weighted by molar-refractivity contribution is 5.78. The summed E-state index contributed by atoms with van der Waals surface area (Å²) in [6.07, 6.45) is 3.60. The smallest absolute Gasteiger partial charge is 0.132 e. The zero-order valence-corrected chi connectivity index (χ0v) is 8.22. The summed E-state index contributed by atoms with van der Waals surface area (Å²) in [6.45, 7) is 5.74. The molecule has 0 saturated heterocycles. The minimum absolute atomic E-state index is 0.247. The highest BCUT2D eigenvalue weighted by Gasteiger charge is 2.21. The van der Waals surface area contributed by atoms with Gasteiger partial charge in [-0.3, -0.25) is 4.79 Å². The minimum atomic E-state index is -0.287. The number of Topliss-reactive ketones (excluding diaryl/α,β-unsaturated/α-hetero) is 1. The third-order valence-electron chi connectivity index (χ3n) is 2.46. The SMILES string of the molecule is CCC(=O)CCC(C)(C=O)CC. The Morgan fingerprint density at radius 2 is 2.00 bits per heavy atom. The van der Waals surface area contributed by atoms with Crippen LogP contribution in [0.5, 0.6) is 0 Å². The molecule has 0 saturated carbocycles. The Labute approximate surface area is 74.3 Å². The fourth-order valence-electron chi connectivity index (χ4n) is 0.921. The summed E-state index contributed by atoms with van der Waals surface area (Å²) >= 11 is 0. The molecule has 0 bridgehead atoms. The van der Waals surface area contributed by atoms with Gasteiger partial charge >= 0.3 is 0 Å². The molecule has 0 aliphatic carbocycles. The van der Waals surface area contributed by atoms with Gasteiger partial charge in [-0.2, -0.15) is 0 Å². The van der Waals surface area contributed by atoms with Crippen molar-refractivity contribution in [3.8, 4) is 0 Å². The van der Waals surface area contributed by atoms with Gasteiger partial charge < -0.3 is 4.79 Å². The lowest BCUT2D eigenvalue weighted by atomic mass is 9.84. The van der Waals surface area contributed by atoms with Crippen LogP contribution in [0.25, 0.3) is 0 Å². The van der Waals surface area contributed by atoms with Crippen LogP contribution < -0.4 is 0 Å². The molecule has 0 rings (SSSR count). The summed E-state index contributed by atoms with van der Waals surface area (Å²) in [4.78, 5) is 21.6. The van der Waals surface area contributed by atoms with E-state index in [0.29, 0.717) is 19.3 Å². The Kier molecular flexibility index (Phi) is 4.79. The number of aldehydes is 1. The van der Waals surface area contributed by atoms with Gasteiger partial charge in [0.25, 0.3) is 0 Å². The quantitative estimate of drug-likeness (QED) is 0.573. The van der Waals surface area contributed by atoms with Gasteiger partial charge in [0.1, 0.15) is 12.1 Å². The van der Waals surface area contributed by atoms with Crippen LogP contribution in [0.4, 0.5) is 0 Å². The van der Waals surface area contributed by atoms with Crippen LogP contribution in [0.2, 0.25) is 0 Å². The van der Waals surface area contributed by atoms with E-state index >= 15 is 0 Å². The molecule has 0 aromatic carbocycles. The predicted octanol–water partition coefficient (Wildman–Crippen LogP) is 2.36. The molecule has 1 atom stereocenters. The van der Waals surface area contributed by atoms with E-state index in [1.807, 2.05) is 20.8 Å². The summed E-state index contributed by atoms with van der Waals surface area (Å²) < 4.78 is 0. The number of rotatable bonds is 6. The largest absolute Gasteiger partial charge is 0.303 e. The molecule has 1 unspecified atom stereocenters. The van der Waals surface area contributed by atoms with E-state index in [-0.39, 0.29) is 11.2 Å². The Bertz CT molecular complexity index is 163. The van der Waals surface area contributed by atoms with Gasteiger partial charge in [0.05, 0.1) is 0 Å². The summed E-state index contributed by atoms with van der Waals surface area (Å²) in [7, 11) is 0. The van der Waals surface area contributed by atoms with E-state index in [9.17, 15) is 9.59 Å². The van der Waals surface area contributed by atoms with E-state index in [2.05, 4.69) is 0 Å². The van der Waals surface area contributed by atoms with Crippen molar-refractivity contribution in [3.63, 3.8) is 0 Å². The van der Waals surface area contributed by atoms with Crippen molar-refractivity contribution in [1.29, 1.82) is 0 Å². The second-order valence-corrected chi connectivity index (χ2v) is 3.52. The second-order valence-electron chi connectivity index (χ2n) is 3.52. The fraction of sp³-hybridized carbons (Fsp3) is 0.800. The summed E-state index contributed by atoms with van der Waals surface area (Å²) in [6, 6.07) is 0. The van der Waals surface area contributed by atoms with Gasteiger partial charge in [-0.15, -0.1) is 0 Å². The molecule has 2 nitrogen and oxygen atoms in total. The minimum Gasteiger partial charge on any atom is -0.303 e. The highest BCUT2D eigenvalue weighted by atomic mass is 16.1. The second kappa shape index (κ2) is 5.07. The standard InChI is InChI=1S/C10H18O2/c1-4-9(12)6-7-10(3,5-2)8-11/h8H,4-7H2,1-3H3. The van der Waals surface area contributed by atoms with Crippen LogP contribution in [0.1, 0.15) is 46.5 Å². The van der Waals surface area contributed by atoms with E-state index in [0.717, 1.165) is 12.7 Å². The molecule has 0 aromatic rings. The fourth-order valence-corrected chi connectivity index (χ4v) is 0.921. The average molecular weight is 170 g/mol. The third-order valence-corrected chi connectivity index (χ3v) is 2.46. The molecule has 0 heterocycles. The average Bonchev–Trinajstić information content (AvgIpc) is 2.13. The van der Waals surface area contributed by atoms with Gasteiger partial charge in [0, 0.05) is 18.3 Å². The first kappa shape index (κ1) is 11.3. The molecular formula is C10H18O2. The summed E-state index contributed by atoms with van der Waals surface area (Å²) in [5.74, 6) is 0.247. The molecule has 0 spiro atoms. The molecule has 0 fully saturated rings. The van der Waals surface area contributed by atoms with Crippen molar-refractivity contribution >= 4 is 12.1 Å². The van der Waals surface area contributed by atoms with Crippen molar-refractivity contribution in [2.45, 2.75) is 46.5 Å². The maximum absolute atomic E-state index is 11.0. The van der Waals surface area contributed by atoms with Gasteiger partial charge in [0.2, 0.25) is 0 Å². The van der Waals surface area contributed by atoms with Gasteiger partial charge in [-0.1, -0.05) is 20.8 Å². The van der Waals surface area contributed by atoms with Crippen LogP contribution in [0, 0.1) is 5.41 Å². The number of carbonyl (C=O) groups is 2. The molecular weight excluding hydrogens is 152 g/mol. The van der Waals surface area contributed by atoms with E-state index in [1.54, 1.807) is 0 Å². The Hall–Kier alpha value is -0.660. The molecule has 0 radical (unpaired) electrons. The summed E-state index contributed by atoms with van der Waals surface area (Å²) in [5.41, 5.74) is -0.287. The molecule has 0 amide bonds. The summed E-state index contributed by atoms with van der Waals surface area (Å²) in [5, 5.41) is 0. The zero-order chi connectivity index (χ0) is 9.61. The maximum Gasteiger partial charge on any atom is 0.132 e. The Morgan fingerprint density at radius 1 is 1.42 bits per heavy atom. The van der Waals surface area contributed by atoms with Crippen molar-refractivity contribution in [3.05, 3.63) is 0 Å². The molecule has 2 heteroatoms. The van der Waals surface area contributed by atoms with Gasteiger partial charge in [-0.25, -0.2) is 0 Å². The van der Waals surface area contributed by atoms with Crippen molar-refractivity contribution in [2.24, 2.45) is 5.41 Å². The maximum atomic E-state index is 11.0. The van der Waals surface area contributed by atoms with Crippen LogP contribution in [-0.4, -0.2) is 12.1 Å². The molecule has 0 N–H and O–H groups in total. The van der Waals surface area contributed by atoms with Crippen molar-refractivity contribution in [1.82, 2.24) is 0 Å². The van der Waals surface area contributed by atoms with Crippen LogP contribution in [0.3, 0.4) is 0 Å². The lowest BCUT2D eigenvalue weighted by Gasteiger charge is -2.19. The lowest BCUT2D eigenvalue weighted by molar-refractivity contribution is -0.120. The van der Waals surface area contributed by atoms with Gasteiger partial charge in [-0.05, 0) is 12.8 Å². The van der Waals surface area contributed by atoms with Crippen LogP contribution in [-0.2, 0) is 9.59 Å². The topological polar surface area (TPSA) is 34.1 Å². The molecule has 70 valence electrons. The molecule has 0 aliphatic rings. The van der Waals surface area contributed by atoms with Crippen molar-refractivity contribution < 1.29 is 9.59 Å². The predicted molar refractivity (Wildman–Crippen MR) is 49.0 cm³/mol. The number of hydrogen-bond donors (Lipinski definition) is 0. The van der Waals surface area contributed by atoms with Crippen molar-refractivity contribution in [2.75, 3.05) is 0 Å².